The Hall–Kier alpha value is -1.64. The molecule has 0 saturated heterocycles. The Bertz CT molecular complexity index is 466. The summed E-state index contributed by atoms with van der Waals surface area (Å²) in [4.78, 5) is 12.4. The van der Waals surface area contributed by atoms with Crippen LogP contribution in [0.2, 0.25) is 5.15 Å². The number of ether oxygens (including phenoxy) is 1. The first-order valence-electron chi connectivity index (χ1n) is 4.38. The largest absolute Gasteiger partial charge is 0.484 e. The van der Waals surface area contributed by atoms with Gasteiger partial charge in [-0.15, -0.1) is 0 Å². The molecule has 0 fully saturated rings. The van der Waals surface area contributed by atoms with Gasteiger partial charge >= 0.3 is 11.9 Å². The number of nitro groups is 1. The molecule has 1 rings (SSSR count). The summed E-state index contributed by atoms with van der Waals surface area (Å²) in [6.07, 6.45) is -4.84. The second-order valence-electron chi connectivity index (χ2n) is 2.94. The monoisotopic (exact) mass is 288 g/mol. The molecule has 1 heterocycles. The Balaban J connectivity index is 3.32. The van der Waals surface area contributed by atoms with E-state index in [4.69, 9.17) is 11.6 Å². The van der Waals surface area contributed by atoms with Gasteiger partial charge in [-0.3, -0.25) is 10.1 Å². The van der Waals surface area contributed by atoms with Crippen molar-refractivity contribution in [3.05, 3.63) is 27.0 Å². The topological polar surface area (TPSA) is 65.3 Å². The predicted octanol–water partition coefficient (Wildman–Crippen LogP) is 3.01. The minimum absolute atomic E-state index is 0.305. The second-order valence-corrected chi connectivity index (χ2v) is 3.30. The average molecular weight is 289 g/mol. The molecule has 0 aromatic carbocycles. The molecule has 0 aliphatic rings. The van der Waals surface area contributed by atoms with Crippen molar-refractivity contribution < 1.29 is 27.2 Å². The van der Waals surface area contributed by atoms with Crippen molar-refractivity contribution >= 4 is 17.3 Å². The number of nitrogens with zero attached hydrogens (tertiary/aromatic N) is 2. The summed E-state index contributed by atoms with van der Waals surface area (Å²) >= 11 is 5.29. The lowest BCUT2D eigenvalue weighted by Crippen LogP contribution is -2.11. The highest BCUT2D eigenvalue weighted by atomic mass is 35.5. The van der Waals surface area contributed by atoms with Crippen LogP contribution in [0, 0.1) is 10.1 Å². The zero-order valence-electron chi connectivity index (χ0n) is 8.50. The third kappa shape index (κ3) is 3.19. The molecule has 0 aliphatic carbocycles. The molecule has 0 atom stereocenters. The van der Waals surface area contributed by atoms with Crippen molar-refractivity contribution in [2.24, 2.45) is 0 Å². The Morgan fingerprint density at radius 3 is 2.56 bits per heavy atom. The van der Waals surface area contributed by atoms with Crippen LogP contribution >= 0.6 is 11.6 Å². The number of pyridine rings is 1. The first kappa shape index (κ1) is 14.4. The van der Waals surface area contributed by atoms with Crippen molar-refractivity contribution in [3.63, 3.8) is 0 Å². The summed E-state index contributed by atoms with van der Waals surface area (Å²) in [6, 6.07) is 0.305. The van der Waals surface area contributed by atoms with Crippen molar-refractivity contribution in [1.82, 2.24) is 4.98 Å². The van der Waals surface area contributed by atoms with Gasteiger partial charge in [0.25, 0.3) is 0 Å². The highest BCUT2D eigenvalue weighted by molar-refractivity contribution is 6.31. The van der Waals surface area contributed by atoms with Gasteiger partial charge in [0.1, 0.15) is 19.0 Å². The lowest BCUT2D eigenvalue weighted by atomic mass is 10.3. The van der Waals surface area contributed by atoms with Gasteiger partial charge in [-0.25, -0.2) is 9.37 Å². The molecule has 0 N–H and O–H groups in total. The summed E-state index contributed by atoms with van der Waals surface area (Å²) in [5, 5.41) is 9.62. The lowest BCUT2D eigenvalue weighted by molar-refractivity contribution is -0.386. The fraction of sp³-hybridized carbons (Fsp3) is 0.375. The van der Waals surface area contributed by atoms with Crippen LogP contribution in [0.25, 0.3) is 0 Å². The molecule has 5 nitrogen and oxygen atoms in total. The van der Waals surface area contributed by atoms with E-state index in [1.165, 1.54) is 0 Å². The molecule has 1 aromatic rings. The molecule has 10 heteroatoms. The maximum absolute atomic E-state index is 12.4. The van der Waals surface area contributed by atoms with E-state index in [2.05, 4.69) is 9.72 Å². The van der Waals surface area contributed by atoms with Gasteiger partial charge < -0.3 is 4.74 Å². The number of aromatic nitrogens is 1. The highest BCUT2D eigenvalue weighted by Crippen LogP contribution is 2.38. The minimum atomic E-state index is -4.84. The standard InChI is InChI=1S/C8H5ClF4N2O3/c9-7-6(15(16)17)4(18-2-1-10)3-5(14-7)8(11,12)13/h3H,1-2H2. The molecule has 0 unspecified atom stereocenters. The quantitative estimate of drug-likeness (QED) is 0.370. The number of hydrogen-bond acceptors (Lipinski definition) is 4. The Labute approximate surface area is 102 Å². The van der Waals surface area contributed by atoms with Crippen LogP contribution in [0.1, 0.15) is 5.69 Å². The molecule has 0 radical (unpaired) electrons. The first-order chi connectivity index (χ1) is 8.27. The number of halogens is 5. The molecular weight excluding hydrogens is 284 g/mol. The van der Waals surface area contributed by atoms with Crippen LogP contribution in [-0.4, -0.2) is 23.2 Å². The molecule has 0 aliphatic heterocycles. The predicted molar refractivity (Wildman–Crippen MR) is 52.4 cm³/mol. The fourth-order valence-corrected chi connectivity index (χ4v) is 1.31. The van der Waals surface area contributed by atoms with Gasteiger partial charge in [-0.1, -0.05) is 11.6 Å². The van der Waals surface area contributed by atoms with E-state index in [1.54, 1.807) is 0 Å². The summed E-state index contributed by atoms with van der Waals surface area (Å²) in [7, 11) is 0. The van der Waals surface area contributed by atoms with Crippen molar-refractivity contribution in [1.29, 1.82) is 0 Å². The molecule has 0 saturated carbocycles. The van der Waals surface area contributed by atoms with E-state index >= 15 is 0 Å². The van der Waals surface area contributed by atoms with E-state index in [9.17, 15) is 27.7 Å². The Morgan fingerprint density at radius 2 is 2.11 bits per heavy atom. The Kier molecular flexibility index (Phi) is 4.28. The minimum Gasteiger partial charge on any atom is -0.484 e. The SMILES string of the molecule is O=[N+]([O-])c1c(OCCF)cc(C(F)(F)F)nc1Cl. The van der Waals surface area contributed by atoms with Crippen molar-refractivity contribution in [3.8, 4) is 5.75 Å². The van der Waals surface area contributed by atoms with Gasteiger partial charge in [-0.2, -0.15) is 13.2 Å². The third-order valence-corrected chi connectivity index (χ3v) is 1.99. The summed E-state index contributed by atoms with van der Waals surface area (Å²) < 4.78 is 53.6. The van der Waals surface area contributed by atoms with Gasteiger partial charge in [0, 0.05) is 6.07 Å². The number of hydrogen-bond donors (Lipinski definition) is 0. The summed E-state index contributed by atoms with van der Waals surface area (Å²) in [5.74, 6) is -0.773. The Morgan fingerprint density at radius 1 is 1.50 bits per heavy atom. The average Bonchev–Trinajstić information content (AvgIpc) is 2.23. The van der Waals surface area contributed by atoms with Gasteiger partial charge in [0.2, 0.25) is 10.9 Å². The van der Waals surface area contributed by atoms with Gasteiger partial charge in [0.15, 0.2) is 0 Å². The maximum atomic E-state index is 12.4. The molecular formula is C8H5ClF4N2O3. The molecule has 100 valence electrons. The molecule has 0 spiro atoms. The molecule has 0 bridgehead atoms. The van der Waals surface area contributed by atoms with Gasteiger partial charge in [-0.05, 0) is 0 Å². The smallest absolute Gasteiger partial charge is 0.433 e. The zero-order chi connectivity index (χ0) is 13.9. The summed E-state index contributed by atoms with van der Waals surface area (Å²) in [5.41, 5.74) is -2.38. The van der Waals surface area contributed by atoms with Crippen LogP contribution in [-0.2, 0) is 6.18 Å². The van der Waals surface area contributed by atoms with Crippen LogP contribution in [0.4, 0.5) is 23.2 Å². The van der Waals surface area contributed by atoms with E-state index in [0.717, 1.165) is 0 Å². The van der Waals surface area contributed by atoms with Crippen LogP contribution in [0.3, 0.4) is 0 Å². The molecule has 0 amide bonds. The number of rotatable bonds is 4. The second kappa shape index (κ2) is 5.34. The van der Waals surface area contributed by atoms with E-state index in [-0.39, 0.29) is 0 Å². The fourth-order valence-electron chi connectivity index (χ4n) is 1.05. The molecule has 1 aromatic heterocycles. The summed E-state index contributed by atoms with van der Waals surface area (Å²) in [6.45, 7) is -1.64. The lowest BCUT2D eigenvalue weighted by Gasteiger charge is -2.10. The molecule has 18 heavy (non-hydrogen) atoms. The maximum Gasteiger partial charge on any atom is 0.433 e. The van der Waals surface area contributed by atoms with Crippen molar-refractivity contribution in [2.75, 3.05) is 13.3 Å². The normalized spacial score (nSPS) is 11.4. The van der Waals surface area contributed by atoms with Crippen LogP contribution in [0.5, 0.6) is 5.75 Å². The van der Waals surface area contributed by atoms with Crippen LogP contribution in [0.15, 0.2) is 6.07 Å². The van der Waals surface area contributed by atoms with E-state index in [0.29, 0.717) is 6.07 Å². The van der Waals surface area contributed by atoms with Crippen molar-refractivity contribution in [2.45, 2.75) is 6.18 Å². The number of alkyl halides is 4. The zero-order valence-corrected chi connectivity index (χ0v) is 9.26. The third-order valence-electron chi connectivity index (χ3n) is 1.72. The van der Waals surface area contributed by atoms with E-state index < -0.39 is 46.7 Å². The highest BCUT2D eigenvalue weighted by Gasteiger charge is 2.36. The first-order valence-corrected chi connectivity index (χ1v) is 4.76. The van der Waals surface area contributed by atoms with E-state index in [1.807, 2.05) is 0 Å². The van der Waals surface area contributed by atoms with Crippen LogP contribution < -0.4 is 4.74 Å². The van der Waals surface area contributed by atoms with Gasteiger partial charge in [0.05, 0.1) is 4.92 Å².